The fourth-order valence-corrected chi connectivity index (χ4v) is 4.71. The van der Waals surface area contributed by atoms with Gasteiger partial charge in [-0.15, -0.1) is 0 Å². The maximum atomic E-state index is 12.9. The molecule has 0 radical (unpaired) electrons. The standard InChI is InChI=1S/C28H36N6O3/c1-22(35)34-14-7-13-32(19-23-8-6-10-25(18-23)37-3)16-17-33(20-24-9-4-5-11-26(24)34)21-28(36)29-27-12-15-31(2)30-27/h4-6,8-12,15,18H,7,13-14,16-17,19-21H2,1-3H3,(H,29,30,36). The molecule has 0 atom stereocenters. The van der Waals surface area contributed by atoms with E-state index in [0.717, 1.165) is 43.1 Å². The second-order valence-electron chi connectivity index (χ2n) is 9.41. The van der Waals surface area contributed by atoms with E-state index in [9.17, 15) is 9.59 Å². The Bertz CT molecular complexity index is 1210. The second-order valence-corrected chi connectivity index (χ2v) is 9.41. The zero-order valence-corrected chi connectivity index (χ0v) is 21.9. The van der Waals surface area contributed by atoms with Crippen LogP contribution < -0.4 is 15.0 Å². The van der Waals surface area contributed by atoms with Gasteiger partial charge in [0, 0.05) is 71.2 Å². The van der Waals surface area contributed by atoms with Gasteiger partial charge in [-0.25, -0.2) is 0 Å². The van der Waals surface area contributed by atoms with E-state index in [1.54, 1.807) is 31.0 Å². The van der Waals surface area contributed by atoms with Gasteiger partial charge in [0.15, 0.2) is 5.82 Å². The van der Waals surface area contributed by atoms with Crippen molar-refractivity contribution >= 4 is 23.3 Å². The van der Waals surface area contributed by atoms with Gasteiger partial charge < -0.3 is 15.0 Å². The number of methoxy groups -OCH3 is 1. The number of aromatic nitrogens is 2. The van der Waals surface area contributed by atoms with Crippen LogP contribution >= 0.6 is 0 Å². The predicted molar refractivity (Wildman–Crippen MR) is 144 cm³/mol. The summed E-state index contributed by atoms with van der Waals surface area (Å²) in [5.41, 5.74) is 3.11. The smallest absolute Gasteiger partial charge is 0.239 e. The molecule has 1 aliphatic heterocycles. The number of anilines is 2. The highest BCUT2D eigenvalue weighted by Gasteiger charge is 2.21. The Morgan fingerprint density at radius 1 is 1.00 bits per heavy atom. The number of nitrogens with one attached hydrogen (secondary N) is 1. The zero-order valence-electron chi connectivity index (χ0n) is 21.9. The van der Waals surface area contributed by atoms with Gasteiger partial charge >= 0.3 is 0 Å². The molecular weight excluding hydrogens is 468 g/mol. The van der Waals surface area contributed by atoms with Crippen LogP contribution in [-0.4, -0.2) is 71.2 Å². The number of carbonyl (C=O) groups excluding carboxylic acids is 2. The molecule has 9 nitrogen and oxygen atoms in total. The molecule has 0 saturated carbocycles. The molecule has 1 aliphatic rings. The number of hydrogen-bond acceptors (Lipinski definition) is 6. The van der Waals surface area contributed by atoms with E-state index < -0.39 is 0 Å². The predicted octanol–water partition coefficient (Wildman–Crippen LogP) is 3.13. The number of benzene rings is 2. The van der Waals surface area contributed by atoms with E-state index in [-0.39, 0.29) is 18.4 Å². The Hall–Kier alpha value is -3.69. The van der Waals surface area contributed by atoms with Gasteiger partial charge in [0.05, 0.1) is 13.7 Å². The van der Waals surface area contributed by atoms with E-state index in [1.807, 2.05) is 48.3 Å². The van der Waals surface area contributed by atoms with Gasteiger partial charge in [0.2, 0.25) is 11.8 Å². The number of carbonyl (C=O) groups is 2. The van der Waals surface area contributed by atoms with Gasteiger partial charge in [-0.05, 0) is 35.7 Å². The lowest BCUT2D eigenvalue weighted by molar-refractivity contribution is -0.118. The van der Waals surface area contributed by atoms with E-state index >= 15 is 0 Å². The van der Waals surface area contributed by atoms with Crippen LogP contribution in [0.3, 0.4) is 0 Å². The minimum Gasteiger partial charge on any atom is -0.497 e. The first-order chi connectivity index (χ1) is 17.9. The fraction of sp³-hybridized carbons (Fsp3) is 0.393. The summed E-state index contributed by atoms with van der Waals surface area (Å²) in [5.74, 6) is 1.27. The number of amides is 2. The third-order valence-electron chi connectivity index (χ3n) is 6.53. The summed E-state index contributed by atoms with van der Waals surface area (Å²) in [7, 11) is 3.49. The molecule has 196 valence electrons. The first-order valence-corrected chi connectivity index (χ1v) is 12.6. The Kier molecular flexibility index (Phi) is 8.92. The van der Waals surface area contributed by atoms with Gasteiger partial charge in [0.25, 0.3) is 0 Å². The Labute approximate surface area is 218 Å². The quantitative estimate of drug-likeness (QED) is 0.556. The lowest BCUT2D eigenvalue weighted by atomic mass is 10.1. The van der Waals surface area contributed by atoms with Crippen molar-refractivity contribution in [3.8, 4) is 5.75 Å². The molecule has 0 spiro atoms. The van der Waals surface area contributed by atoms with Crippen molar-refractivity contribution < 1.29 is 14.3 Å². The van der Waals surface area contributed by atoms with Crippen LogP contribution in [-0.2, 0) is 29.7 Å². The number of fused-ring (bicyclic) bond motifs is 1. The molecule has 2 aromatic carbocycles. The van der Waals surface area contributed by atoms with Crippen molar-refractivity contribution in [2.75, 3.05) is 50.1 Å². The number of rotatable bonds is 6. The summed E-state index contributed by atoms with van der Waals surface area (Å²) in [4.78, 5) is 32.0. The van der Waals surface area contributed by atoms with E-state index in [2.05, 4.69) is 32.3 Å². The molecule has 9 heteroatoms. The first-order valence-electron chi connectivity index (χ1n) is 12.6. The van der Waals surface area contributed by atoms with Crippen molar-refractivity contribution in [2.24, 2.45) is 7.05 Å². The molecule has 0 unspecified atom stereocenters. The SMILES string of the molecule is COc1cccc(CN2CCCN(C(C)=O)c3ccccc3CN(CC(=O)Nc3ccn(C)n3)CC2)c1. The van der Waals surface area contributed by atoms with Crippen molar-refractivity contribution in [3.05, 3.63) is 71.9 Å². The third kappa shape index (κ3) is 7.41. The zero-order chi connectivity index (χ0) is 26.2. The van der Waals surface area contributed by atoms with Gasteiger partial charge in [-0.1, -0.05) is 30.3 Å². The Balaban J connectivity index is 1.56. The van der Waals surface area contributed by atoms with Crippen molar-refractivity contribution in [1.29, 1.82) is 0 Å². The van der Waals surface area contributed by atoms with Crippen LogP contribution in [0.15, 0.2) is 60.8 Å². The van der Waals surface area contributed by atoms with Gasteiger partial charge in [0.1, 0.15) is 5.75 Å². The molecule has 0 bridgehead atoms. The highest BCUT2D eigenvalue weighted by molar-refractivity contribution is 5.92. The summed E-state index contributed by atoms with van der Waals surface area (Å²) < 4.78 is 7.07. The molecule has 0 fully saturated rings. The highest BCUT2D eigenvalue weighted by atomic mass is 16.5. The summed E-state index contributed by atoms with van der Waals surface area (Å²) in [6, 6.07) is 17.9. The first kappa shape index (κ1) is 26.4. The topological polar surface area (TPSA) is 82.9 Å². The molecule has 0 saturated heterocycles. The number of para-hydroxylation sites is 1. The lowest BCUT2D eigenvalue weighted by Crippen LogP contribution is -2.39. The van der Waals surface area contributed by atoms with Gasteiger partial charge in [-0.3, -0.25) is 24.1 Å². The molecule has 0 aliphatic carbocycles. The van der Waals surface area contributed by atoms with Crippen molar-refractivity contribution in [1.82, 2.24) is 19.6 Å². The molecule has 1 N–H and O–H groups in total. The molecule has 37 heavy (non-hydrogen) atoms. The van der Waals surface area contributed by atoms with Crippen LogP contribution in [0.4, 0.5) is 11.5 Å². The maximum Gasteiger partial charge on any atom is 0.239 e. The minimum atomic E-state index is -0.117. The number of aryl methyl sites for hydroxylation is 1. The number of ether oxygens (including phenoxy) is 1. The highest BCUT2D eigenvalue weighted by Crippen LogP contribution is 2.24. The molecule has 2 heterocycles. The number of nitrogens with zero attached hydrogens (tertiary/aromatic N) is 5. The summed E-state index contributed by atoms with van der Waals surface area (Å²) in [6.45, 7) is 6.11. The fourth-order valence-electron chi connectivity index (χ4n) is 4.71. The Morgan fingerprint density at radius 2 is 1.81 bits per heavy atom. The summed E-state index contributed by atoms with van der Waals surface area (Å²) in [6.07, 6.45) is 2.64. The lowest BCUT2D eigenvalue weighted by Gasteiger charge is -2.27. The van der Waals surface area contributed by atoms with Crippen LogP contribution in [0, 0.1) is 0 Å². The Morgan fingerprint density at radius 3 is 2.57 bits per heavy atom. The van der Waals surface area contributed by atoms with Crippen LogP contribution in [0.2, 0.25) is 0 Å². The second kappa shape index (κ2) is 12.5. The van der Waals surface area contributed by atoms with Gasteiger partial charge in [-0.2, -0.15) is 5.10 Å². The average Bonchev–Trinajstić information content (AvgIpc) is 3.27. The summed E-state index contributed by atoms with van der Waals surface area (Å²) in [5, 5.41) is 7.16. The summed E-state index contributed by atoms with van der Waals surface area (Å²) >= 11 is 0. The maximum absolute atomic E-state index is 12.9. The largest absolute Gasteiger partial charge is 0.497 e. The van der Waals surface area contributed by atoms with Crippen LogP contribution in [0.5, 0.6) is 5.75 Å². The van der Waals surface area contributed by atoms with Crippen LogP contribution in [0.25, 0.3) is 0 Å². The monoisotopic (exact) mass is 504 g/mol. The molecule has 4 rings (SSSR count). The molecule has 3 aromatic rings. The normalized spacial score (nSPS) is 15.5. The van der Waals surface area contributed by atoms with E-state index in [0.29, 0.717) is 25.5 Å². The molecule has 2 amide bonds. The molecule has 1 aromatic heterocycles. The average molecular weight is 505 g/mol. The van der Waals surface area contributed by atoms with Crippen molar-refractivity contribution in [3.63, 3.8) is 0 Å². The van der Waals surface area contributed by atoms with Crippen molar-refractivity contribution in [2.45, 2.75) is 26.4 Å². The van der Waals surface area contributed by atoms with Crippen LogP contribution in [0.1, 0.15) is 24.5 Å². The molecular formula is C28H36N6O3. The minimum absolute atomic E-state index is 0.0190. The number of hydrogen-bond donors (Lipinski definition) is 1. The van der Waals surface area contributed by atoms with E-state index in [1.165, 1.54) is 5.56 Å². The van der Waals surface area contributed by atoms with E-state index in [4.69, 9.17) is 4.74 Å². The third-order valence-corrected chi connectivity index (χ3v) is 6.53.